The molecule has 1 aromatic carbocycles. The van der Waals surface area contributed by atoms with Crippen molar-refractivity contribution >= 4 is 5.82 Å². The average Bonchev–Trinajstić information content (AvgIpc) is 2.46. The average molecular weight is 271 g/mol. The summed E-state index contributed by atoms with van der Waals surface area (Å²) >= 11 is 0. The fourth-order valence-electron chi connectivity index (χ4n) is 1.91. The van der Waals surface area contributed by atoms with Gasteiger partial charge in [-0.1, -0.05) is 39.0 Å². The minimum Gasteiger partial charge on any atom is -0.439 e. The lowest BCUT2D eigenvalue weighted by Gasteiger charge is -2.13. The smallest absolute Gasteiger partial charge is 0.224 e. The van der Waals surface area contributed by atoms with E-state index in [1.165, 1.54) is 11.9 Å². The Morgan fingerprint density at radius 2 is 2.00 bits per heavy atom. The minimum absolute atomic E-state index is 0.408. The molecule has 2 rings (SSSR count). The third-order valence-corrected chi connectivity index (χ3v) is 2.95. The van der Waals surface area contributed by atoms with E-state index >= 15 is 0 Å². The van der Waals surface area contributed by atoms with Gasteiger partial charge in [0.25, 0.3) is 0 Å². The molecular formula is C16H21N3O. The molecule has 0 aliphatic rings. The Balaban J connectivity index is 2.17. The van der Waals surface area contributed by atoms with Gasteiger partial charge in [-0.2, -0.15) is 0 Å². The first kappa shape index (κ1) is 14.3. The van der Waals surface area contributed by atoms with Gasteiger partial charge < -0.3 is 10.1 Å². The van der Waals surface area contributed by atoms with Crippen molar-refractivity contribution in [2.24, 2.45) is 0 Å². The molecule has 4 nitrogen and oxygen atoms in total. The van der Waals surface area contributed by atoms with E-state index in [2.05, 4.69) is 42.1 Å². The van der Waals surface area contributed by atoms with Crippen molar-refractivity contribution in [3.05, 3.63) is 42.2 Å². The molecule has 106 valence electrons. The lowest BCUT2D eigenvalue weighted by molar-refractivity contribution is 0.453. The molecule has 0 aliphatic heterocycles. The zero-order chi connectivity index (χ0) is 14.4. The van der Waals surface area contributed by atoms with Gasteiger partial charge in [-0.25, -0.2) is 9.97 Å². The van der Waals surface area contributed by atoms with E-state index in [9.17, 15) is 0 Å². The normalized spacial score (nSPS) is 10.6. The second-order valence-corrected chi connectivity index (χ2v) is 4.96. The fourth-order valence-corrected chi connectivity index (χ4v) is 1.91. The van der Waals surface area contributed by atoms with Crippen LogP contribution < -0.4 is 10.1 Å². The summed E-state index contributed by atoms with van der Waals surface area (Å²) in [6.45, 7) is 7.30. The van der Waals surface area contributed by atoms with Gasteiger partial charge in [0.2, 0.25) is 5.88 Å². The van der Waals surface area contributed by atoms with Gasteiger partial charge in [0.1, 0.15) is 17.9 Å². The van der Waals surface area contributed by atoms with Crippen LogP contribution in [0.4, 0.5) is 5.82 Å². The van der Waals surface area contributed by atoms with Crippen LogP contribution in [0.15, 0.2) is 36.7 Å². The summed E-state index contributed by atoms with van der Waals surface area (Å²) in [6.07, 6.45) is 2.57. The van der Waals surface area contributed by atoms with Crippen molar-refractivity contribution in [2.45, 2.75) is 33.1 Å². The van der Waals surface area contributed by atoms with Crippen LogP contribution in [0, 0.1) is 0 Å². The number of nitrogens with zero attached hydrogens (tertiary/aromatic N) is 2. The SMILES string of the molecule is CCCNc1cc(Oc2ccccc2C(C)C)ncn1. The number of benzene rings is 1. The number of anilines is 1. The zero-order valence-corrected chi connectivity index (χ0v) is 12.3. The summed E-state index contributed by atoms with van der Waals surface area (Å²) < 4.78 is 5.90. The molecule has 1 aromatic heterocycles. The molecular weight excluding hydrogens is 250 g/mol. The minimum atomic E-state index is 0.408. The van der Waals surface area contributed by atoms with Gasteiger partial charge in [0.15, 0.2) is 0 Å². The van der Waals surface area contributed by atoms with Gasteiger partial charge >= 0.3 is 0 Å². The maximum atomic E-state index is 5.90. The Bertz CT molecular complexity index is 555. The molecule has 1 heterocycles. The van der Waals surface area contributed by atoms with Gasteiger partial charge in [0, 0.05) is 12.6 Å². The summed E-state index contributed by atoms with van der Waals surface area (Å²) in [7, 11) is 0. The van der Waals surface area contributed by atoms with Crippen molar-refractivity contribution in [2.75, 3.05) is 11.9 Å². The number of ether oxygens (including phenoxy) is 1. The monoisotopic (exact) mass is 271 g/mol. The van der Waals surface area contributed by atoms with Crippen LogP contribution in [0.1, 0.15) is 38.7 Å². The Kier molecular flexibility index (Phi) is 4.93. The van der Waals surface area contributed by atoms with E-state index in [4.69, 9.17) is 4.74 Å². The highest BCUT2D eigenvalue weighted by atomic mass is 16.5. The molecule has 0 radical (unpaired) electrons. The Hall–Kier alpha value is -2.10. The number of hydrogen-bond acceptors (Lipinski definition) is 4. The van der Waals surface area contributed by atoms with Crippen LogP contribution in [0.3, 0.4) is 0 Å². The van der Waals surface area contributed by atoms with E-state index in [1.807, 2.05) is 24.3 Å². The third-order valence-electron chi connectivity index (χ3n) is 2.95. The predicted molar refractivity (Wildman–Crippen MR) is 81.4 cm³/mol. The molecule has 0 spiro atoms. The summed E-state index contributed by atoms with van der Waals surface area (Å²) in [5, 5.41) is 3.23. The molecule has 20 heavy (non-hydrogen) atoms. The molecule has 4 heteroatoms. The van der Waals surface area contributed by atoms with E-state index in [-0.39, 0.29) is 0 Å². The molecule has 0 fully saturated rings. The first-order chi connectivity index (χ1) is 9.70. The number of para-hydroxylation sites is 1. The molecule has 1 N–H and O–H groups in total. The molecule has 0 amide bonds. The molecule has 0 bridgehead atoms. The van der Waals surface area contributed by atoms with E-state index in [1.54, 1.807) is 0 Å². The summed E-state index contributed by atoms with van der Waals surface area (Å²) in [5.74, 6) is 2.61. The maximum Gasteiger partial charge on any atom is 0.224 e. The quantitative estimate of drug-likeness (QED) is 0.854. The highest BCUT2D eigenvalue weighted by Gasteiger charge is 2.09. The second-order valence-electron chi connectivity index (χ2n) is 4.96. The van der Waals surface area contributed by atoms with Crippen molar-refractivity contribution in [3.63, 3.8) is 0 Å². The molecule has 0 aliphatic carbocycles. The number of aromatic nitrogens is 2. The van der Waals surface area contributed by atoms with Gasteiger partial charge in [0.05, 0.1) is 0 Å². The Labute approximate surface area is 120 Å². The van der Waals surface area contributed by atoms with Crippen molar-refractivity contribution in [1.29, 1.82) is 0 Å². The van der Waals surface area contributed by atoms with Gasteiger partial charge in [-0.3, -0.25) is 0 Å². The number of rotatable bonds is 6. The fraction of sp³-hybridized carbons (Fsp3) is 0.375. The number of hydrogen-bond donors (Lipinski definition) is 1. The van der Waals surface area contributed by atoms with Crippen LogP contribution >= 0.6 is 0 Å². The summed E-state index contributed by atoms with van der Waals surface area (Å²) in [6, 6.07) is 9.87. The van der Waals surface area contributed by atoms with Crippen LogP contribution in [-0.2, 0) is 0 Å². The van der Waals surface area contributed by atoms with Gasteiger partial charge in [-0.05, 0) is 24.0 Å². The van der Waals surface area contributed by atoms with E-state index < -0.39 is 0 Å². The highest BCUT2D eigenvalue weighted by Crippen LogP contribution is 2.29. The van der Waals surface area contributed by atoms with Crippen LogP contribution in [-0.4, -0.2) is 16.5 Å². The molecule has 2 aromatic rings. The lowest BCUT2D eigenvalue weighted by atomic mass is 10.0. The topological polar surface area (TPSA) is 47.0 Å². The summed E-state index contributed by atoms with van der Waals surface area (Å²) in [5.41, 5.74) is 1.18. The summed E-state index contributed by atoms with van der Waals surface area (Å²) in [4.78, 5) is 8.34. The predicted octanol–water partition coefficient (Wildman–Crippen LogP) is 4.21. The van der Waals surface area contributed by atoms with E-state index in [0.717, 1.165) is 24.5 Å². The van der Waals surface area contributed by atoms with Gasteiger partial charge in [-0.15, -0.1) is 0 Å². The van der Waals surface area contributed by atoms with Crippen LogP contribution in [0.5, 0.6) is 11.6 Å². The Morgan fingerprint density at radius 3 is 2.75 bits per heavy atom. The first-order valence-corrected chi connectivity index (χ1v) is 7.03. The van der Waals surface area contributed by atoms with E-state index in [0.29, 0.717) is 11.8 Å². The Morgan fingerprint density at radius 1 is 1.20 bits per heavy atom. The maximum absolute atomic E-state index is 5.90. The molecule has 0 saturated carbocycles. The van der Waals surface area contributed by atoms with Crippen molar-refractivity contribution in [3.8, 4) is 11.6 Å². The van der Waals surface area contributed by atoms with Crippen LogP contribution in [0.25, 0.3) is 0 Å². The first-order valence-electron chi connectivity index (χ1n) is 7.03. The lowest BCUT2D eigenvalue weighted by Crippen LogP contribution is -2.02. The molecule has 0 saturated heterocycles. The third kappa shape index (κ3) is 3.70. The largest absolute Gasteiger partial charge is 0.439 e. The molecule has 0 atom stereocenters. The molecule has 0 unspecified atom stereocenters. The van der Waals surface area contributed by atoms with Crippen LogP contribution in [0.2, 0.25) is 0 Å². The zero-order valence-electron chi connectivity index (χ0n) is 12.3. The van der Waals surface area contributed by atoms with Crippen molar-refractivity contribution < 1.29 is 4.74 Å². The second kappa shape index (κ2) is 6.89. The highest BCUT2D eigenvalue weighted by molar-refractivity contribution is 5.41. The standard InChI is InChI=1S/C16H21N3O/c1-4-9-17-15-10-16(19-11-18-15)20-14-8-6-5-7-13(14)12(2)3/h5-8,10-12H,4,9H2,1-3H3,(H,17,18,19). The van der Waals surface area contributed by atoms with Crippen molar-refractivity contribution in [1.82, 2.24) is 9.97 Å². The number of nitrogens with one attached hydrogen (secondary N) is 1.